The highest BCUT2D eigenvalue weighted by Crippen LogP contribution is 2.12. The average molecular weight is 337 g/mol. The summed E-state index contributed by atoms with van der Waals surface area (Å²) in [7, 11) is 0. The van der Waals surface area contributed by atoms with Crippen LogP contribution in [0.5, 0.6) is 0 Å². The molecule has 6 nitrogen and oxygen atoms in total. The standard InChI is InChI=1S/C18H27NO5/c1-5-23-16(21)12-15(20)14(11-13-9-7-6-8-10-13)19-17(22)24-18(2,3)4/h6-10,14-15,20H,5,11-12H2,1-4H3,(H,19,22). The molecule has 0 saturated carbocycles. The van der Waals surface area contributed by atoms with Gasteiger partial charge in [0, 0.05) is 0 Å². The first-order valence-electron chi connectivity index (χ1n) is 8.08. The molecule has 0 spiro atoms. The maximum absolute atomic E-state index is 12.0. The smallest absolute Gasteiger partial charge is 0.407 e. The minimum absolute atomic E-state index is 0.193. The van der Waals surface area contributed by atoms with Crippen LogP contribution >= 0.6 is 0 Å². The summed E-state index contributed by atoms with van der Waals surface area (Å²) < 4.78 is 10.1. The fourth-order valence-corrected chi connectivity index (χ4v) is 2.14. The van der Waals surface area contributed by atoms with Gasteiger partial charge in [0.05, 0.1) is 25.2 Å². The van der Waals surface area contributed by atoms with Gasteiger partial charge in [-0.2, -0.15) is 0 Å². The second kappa shape index (κ2) is 9.27. The topological polar surface area (TPSA) is 84.9 Å². The minimum atomic E-state index is -1.07. The molecule has 0 radical (unpaired) electrons. The molecule has 0 aromatic heterocycles. The fraction of sp³-hybridized carbons (Fsp3) is 0.556. The van der Waals surface area contributed by atoms with Crippen molar-refractivity contribution in [2.75, 3.05) is 6.61 Å². The third-order valence-electron chi connectivity index (χ3n) is 3.15. The first kappa shape index (κ1) is 20.0. The molecule has 1 aromatic rings. The number of aliphatic hydroxyl groups is 1. The number of carbonyl (C=O) groups is 2. The maximum atomic E-state index is 12.0. The zero-order valence-electron chi connectivity index (χ0n) is 14.7. The summed E-state index contributed by atoms with van der Waals surface area (Å²) in [6.07, 6.45) is -1.52. The van der Waals surface area contributed by atoms with Gasteiger partial charge in [-0.05, 0) is 39.7 Å². The molecule has 1 rings (SSSR count). The quantitative estimate of drug-likeness (QED) is 0.747. The molecule has 0 bridgehead atoms. The lowest BCUT2D eigenvalue weighted by Crippen LogP contribution is -2.47. The second-order valence-electron chi connectivity index (χ2n) is 6.52. The van der Waals surface area contributed by atoms with Crippen molar-refractivity contribution in [2.24, 2.45) is 0 Å². The van der Waals surface area contributed by atoms with Gasteiger partial charge in [0.25, 0.3) is 0 Å². The van der Waals surface area contributed by atoms with E-state index in [2.05, 4.69) is 5.32 Å². The number of benzene rings is 1. The normalized spacial score (nSPS) is 13.7. The Morgan fingerprint density at radius 3 is 2.38 bits per heavy atom. The van der Waals surface area contributed by atoms with Crippen LogP contribution in [0.1, 0.15) is 39.7 Å². The van der Waals surface area contributed by atoms with E-state index in [1.165, 1.54) is 0 Å². The highest BCUT2D eigenvalue weighted by atomic mass is 16.6. The van der Waals surface area contributed by atoms with Crippen molar-refractivity contribution in [3.63, 3.8) is 0 Å². The molecule has 0 heterocycles. The Morgan fingerprint density at radius 2 is 1.83 bits per heavy atom. The van der Waals surface area contributed by atoms with E-state index in [0.717, 1.165) is 5.56 Å². The van der Waals surface area contributed by atoms with Crippen molar-refractivity contribution in [2.45, 2.75) is 58.3 Å². The highest BCUT2D eigenvalue weighted by Gasteiger charge is 2.27. The largest absolute Gasteiger partial charge is 0.466 e. The number of esters is 1. The molecule has 24 heavy (non-hydrogen) atoms. The SMILES string of the molecule is CCOC(=O)CC(O)C(Cc1ccccc1)NC(=O)OC(C)(C)C. The van der Waals surface area contributed by atoms with E-state index in [1.807, 2.05) is 30.3 Å². The van der Waals surface area contributed by atoms with Crippen LogP contribution in [0.15, 0.2) is 30.3 Å². The summed E-state index contributed by atoms with van der Waals surface area (Å²) in [6, 6.07) is 8.75. The Labute approximate surface area is 143 Å². The van der Waals surface area contributed by atoms with Crippen LogP contribution in [0.25, 0.3) is 0 Å². The van der Waals surface area contributed by atoms with Gasteiger partial charge >= 0.3 is 12.1 Å². The van der Waals surface area contributed by atoms with Gasteiger partial charge < -0.3 is 19.9 Å². The van der Waals surface area contributed by atoms with E-state index in [9.17, 15) is 14.7 Å². The molecule has 1 amide bonds. The van der Waals surface area contributed by atoms with Crippen molar-refractivity contribution in [3.8, 4) is 0 Å². The zero-order chi connectivity index (χ0) is 18.2. The van der Waals surface area contributed by atoms with E-state index in [1.54, 1.807) is 27.7 Å². The molecule has 6 heteroatoms. The van der Waals surface area contributed by atoms with Gasteiger partial charge in [0.2, 0.25) is 0 Å². The van der Waals surface area contributed by atoms with Gasteiger partial charge in [-0.15, -0.1) is 0 Å². The van der Waals surface area contributed by atoms with Gasteiger partial charge in [-0.25, -0.2) is 4.79 Å². The highest BCUT2D eigenvalue weighted by molar-refractivity contribution is 5.71. The molecule has 2 atom stereocenters. The molecule has 0 aliphatic carbocycles. The number of carbonyl (C=O) groups excluding carboxylic acids is 2. The van der Waals surface area contributed by atoms with Crippen molar-refractivity contribution >= 4 is 12.1 Å². The molecular weight excluding hydrogens is 310 g/mol. The fourth-order valence-electron chi connectivity index (χ4n) is 2.14. The Bertz CT molecular complexity index is 524. The minimum Gasteiger partial charge on any atom is -0.466 e. The zero-order valence-corrected chi connectivity index (χ0v) is 14.7. The van der Waals surface area contributed by atoms with Crippen molar-refractivity contribution < 1.29 is 24.2 Å². The van der Waals surface area contributed by atoms with Gasteiger partial charge in [-0.1, -0.05) is 30.3 Å². The third kappa shape index (κ3) is 7.97. The summed E-state index contributed by atoms with van der Waals surface area (Å²) in [5.74, 6) is -0.506. The summed E-state index contributed by atoms with van der Waals surface area (Å²) in [6.45, 7) is 7.22. The Morgan fingerprint density at radius 1 is 1.21 bits per heavy atom. The van der Waals surface area contributed by atoms with E-state index >= 15 is 0 Å². The third-order valence-corrected chi connectivity index (χ3v) is 3.15. The summed E-state index contributed by atoms with van der Waals surface area (Å²) >= 11 is 0. The predicted octanol–water partition coefficient (Wildman–Crippen LogP) is 2.44. The molecule has 0 aliphatic rings. The van der Waals surface area contributed by atoms with Crippen molar-refractivity contribution in [3.05, 3.63) is 35.9 Å². The molecule has 0 fully saturated rings. The Hall–Kier alpha value is -2.08. The van der Waals surface area contributed by atoms with Gasteiger partial charge in [-0.3, -0.25) is 4.79 Å². The van der Waals surface area contributed by atoms with Crippen molar-refractivity contribution in [1.82, 2.24) is 5.32 Å². The lowest BCUT2D eigenvalue weighted by Gasteiger charge is -2.26. The Kier molecular flexibility index (Phi) is 7.71. The second-order valence-corrected chi connectivity index (χ2v) is 6.52. The monoisotopic (exact) mass is 337 g/mol. The predicted molar refractivity (Wildman–Crippen MR) is 90.6 cm³/mol. The molecule has 2 unspecified atom stereocenters. The molecule has 0 saturated heterocycles. The van der Waals surface area contributed by atoms with Crippen LogP contribution in [-0.2, 0) is 20.7 Å². The van der Waals surface area contributed by atoms with Crippen LogP contribution in [0.2, 0.25) is 0 Å². The summed E-state index contributed by atoms with van der Waals surface area (Å²) in [4.78, 5) is 23.6. The molecule has 0 aliphatic heterocycles. The van der Waals surface area contributed by atoms with Crippen LogP contribution in [-0.4, -0.2) is 41.5 Å². The van der Waals surface area contributed by atoms with E-state index in [0.29, 0.717) is 6.42 Å². The first-order valence-corrected chi connectivity index (χ1v) is 8.08. The van der Waals surface area contributed by atoms with E-state index in [4.69, 9.17) is 9.47 Å². The maximum Gasteiger partial charge on any atom is 0.407 e. The number of nitrogens with one attached hydrogen (secondary N) is 1. The number of alkyl carbamates (subject to hydrolysis) is 1. The molecule has 1 aromatic carbocycles. The lowest BCUT2D eigenvalue weighted by molar-refractivity contribution is -0.145. The number of aliphatic hydroxyl groups excluding tert-OH is 1. The summed E-state index contributed by atoms with van der Waals surface area (Å²) in [5, 5.41) is 13.0. The first-order chi connectivity index (χ1) is 11.2. The molecular formula is C18H27NO5. The van der Waals surface area contributed by atoms with Gasteiger partial charge in [0.1, 0.15) is 5.60 Å². The van der Waals surface area contributed by atoms with Crippen LogP contribution < -0.4 is 5.32 Å². The number of amides is 1. The van der Waals surface area contributed by atoms with Crippen LogP contribution in [0, 0.1) is 0 Å². The van der Waals surface area contributed by atoms with E-state index < -0.39 is 29.8 Å². The average Bonchev–Trinajstić information content (AvgIpc) is 2.45. The van der Waals surface area contributed by atoms with Gasteiger partial charge in [0.15, 0.2) is 0 Å². The van der Waals surface area contributed by atoms with Crippen LogP contribution in [0.4, 0.5) is 4.79 Å². The Balaban J connectivity index is 2.78. The molecule has 2 N–H and O–H groups in total. The number of hydrogen-bond donors (Lipinski definition) is 2. The summed E-state index contributed by atoms with van der Waals surface area (Å²) in [5.41, 5.74) is 0.287. The lowest BCUT2D eigenvalue weighted by atomic mass is 9.99. The number of ether oxygens (including phenoxy) is 2. The van der Waals surface area contributed by atoms with Crippen LogP contribution in [0.3, 0.4) is 0 Å². The number of hydrogen-bond acceptors (Lipinski definition) is 5. The number of rotatable bonds is 7. The van der Waals surface area contributed by atoms with E-state index in [-0.39, 0.29) is 13.0 Å². The molecule has 134 valence electrons. The van der Waals surface area contributed by atoms with Crippen molar-refractivity contribution in [1.29, 1.82) is 0 Å².